The molecule has 0 N–H and O–H groups in total. The van der Waals surface area contributed by atoms with Crippen molar-refractivity contribution in [2.45, 2.75) is 13.3 Å². The monoisotopic (exact) mass is 204 g/mol. The molecule has 15 heavy (non-hydrogen) atoms. The van der Waals surface area contributed by atoms with Gasteiger partial charge < -0.3 is 9.42 Å². The van der Waals surface area contributed by atoms with Crippen LogP contribution in [0.25, 0.3) is 5.57 Å². The Bertz CT molecular complexity index is 408. The lowest BCUT2D eigenvalue weighted by Crippen LogP contribution is -2.14. The number of fused-ring (bicyclic) bond motifs is 1. The lowest BCUT2D eigenvalue weighted by Gasteiger charge is -2.07. The molecule has 0 spiro atoms. The van der Waals surface area contributed by atoms with Gasteiger partial charge in [0, 0.05) is 19.2 Å². The maximum absolute atomic E-state index is 5.31. The fourth-order valence-corrected chi connectivity index (χ4v) is 2.83. The smallest absolute Gasteiger partial charge is 0.162 e. The van der Waals surface area contributed by atoms with Crippen LogP contribution in [0.15, 0.2) is 16.7 Å². The van der Waals surface area contributed by atoms with E-state index in [-0.39, 0.29) is 0 Å². The molecule has 0 aromatic carbocycles. The summed E-state index contributed by atoms with van der Waals surface area (Å²) in [5.74, 6) is 2.51. The lowest BCUT2D eigenvalue weighted by atomic mass is 9.99. The van der Waals surface area contributed by atoms with Gasteiger partial charge in [0.05, 0.1) is 5.69 Å². The first-order valence-corrected chi connectivity index (χ1v) is 5.55. The van der Waals surface area contributed by atoms with Gasteiger partial charge in [0.15, 0.2) is 5.76 Å². The SMILES string of the molecule is Cc1cc(C2=C[C@H]3CN(C)C[C@H]3C2)on1. The van der Waals surface area contributed by atoms with Gasteiger partial charge in [-0.25, -0.2) is 0 Å². The van der Waals surface area contributed by atoms with Gasteiger partial charge in [-0.05, 0) is 37.8 Å². The Hall–Kier alpha value is -1.09. The highest BCUT2D eigenvalue weighted by Gasteiger charge is 2.35. The summed E-state index contributed by atoms with van der Waals surface area (Å²) < 4.78 is 5.31. The summed E-state index contributed by atoms with van der Waals surface area (Å²) in [4.78, 5) is 2.41. The van der Waals surface area contributed by atoms with E-state index in [1.807, 2.05) is 13.0 Å². The van der Waals surface area contributed by atoms with Crippen molar-refractivity contribution in [1.29, 1.82) is 0 Å². The van der Waals surface area contributed by atoms with Crippen LogP contribution in [-0.2, 0) is 0 Å². The molecule has 0 amide bonds. The number of rotatable bonds is 1. The van der Waals surface area contributed by atoms with Crippen LogP contribution >= 0.6 is 0 Å². The highest BCUT2D eigenvalue weighted by Crippen LogP contribution is 2.40. The van der Waals surface area contributed by atoms with Crippen molar-refractivity contribution in [3.8, 4) is 0 Å². The van der Waals surface area contributed by atoms with Crippen LogP contribution in [-0.4, -0.2) is 30.2 Å². The highest BCUT2D eigenvalue weighted by molar-refractivity contribution is 5.64. The van der Waals surface area contributed by atoms with Crippen LogP contribution in [0.4, 0.5) is 0 Å². The second-order valence-corrected chi connectivity index (χ2v) is 4.87. The molecule has 1 aliphatic carbocycles. The van der Waals surface area contributed by atoms with Gasteiger partial charge >= 0.3 is 0 Å². The molecule has 80 valence electrons. The molecule has 1 fully saturated rings. The van der Waals surface area contributed by atoms with E-state index >= 15 is 0 Å². The quantitative estimate of drug-likeness (QED) is 0.700. The maximum Gasteiger partial charge on any atom is 0.162 e. The van der Waals surface area contributed by atoms with Crippen LogP contribution < -0.4 is 0 Å². The fraction of sp³-hybridized carbons (Fsp3) is 0.583. The van der Waals surface area contributed by atoms with Crippen LogP contribution in [0.1, 0.15) is 17.9 Å². The average molecular weight is 204 g/mol. The predicted octanol–water partition coefficient (Wildman–Crippen LogP) is 1.95. The zero-order chi connectivity index (χ0) is 10.4. The van der Waals surface area contributed by atoms with Gasteiger partial charge in [-0.15, -0.1) is 0 Å². The highest BCUT2D eigenvalue weighted by atomic mass is 16.5. The van der Waals surface area contributed by atoms with Crippen molar-refractivity contribution < 1.29 is 4.52 Å². The Morgan fingerprint density at radius 1 is 1.47 bits per heavy atom. The van der Waals surface area contributed by atoms with Crippen molar-refractivity contribution in [2.24, 2.45) is 11.8 Å². The first-order chi connectivity index (χ1) is 7.22. The van der Waals surface area contributed by atoms with Gasteiger partial charge in [-0.3, -0.25) is 0 Å². The van der Waals surface area contributed by atoms with Crippen LogP contribution in [0.2, 0.25) is 0 Å². The molecular weight excluding hydrogens is 188 g/mol. The zero-order valence-corrected chi connectivity index (χ0v) is 9.23. The second kappa shape index (κ2) is 3.20. The van der Waals surface area contributed by atoms with Crippen LogP contribution in [0.5, 0.6) is 0 Å². The zero-order valence-electron chi connectivity index (χ0n) is 9.23. The summed E-state index contributed by atoms with van der Waals surface area (Å²) in [6.07, 6.45) is 3.54. The molecule has 2 atom stereocenters. The molecule has 1 aromatic heterocycles. The Morgan fingerprint density at radius 2 is 2.33 bits per heavy atom. The van der Waals surface area contributed by atoms with Crippen molar-refractivity contribution >= 4 is 5.57 Å². The van der Waals surface area contributed by atoms with Gasteiger partial charge in [0.1, 0.15) is 0 Å². The molecular formula is C12H16N2O. The number of hydrogen-bond donors (Lipinski definition) is 0. The van der Waals surface area contributed by atoms with E-state index in [0.29, 0.717) is 0 Å². The number of nitrogens with zero attached hydrogens (tertiary/aromatic N) is 2. The summed E-state index contributed by atoms with van der Waals surface area (Å²) in [6, 6.07) is 2.04. The third kappa shape index (κ3) is 1.51. The van der Waals surface area contributed by atoms with Gasteiger partial charge in [-0.2, -0.15) is 0 Å². The Balaban J connectivity index is 1.83. The molecule has 2 aliphatic rings. The first-order valence-electron chi connectivity index (χ1n) is 5.55. The Labute approximate surface area is 89.7 Å². The molecule has 2 heterocycles. The van der Waals surface area contributed by atoms with E-state index in [4.69, 9.17) is 4.52 Å². The lowest BCUT2D eigenvalue weighted by molar-refractivity contribution is 0.389. The Morgan fingerprint density at radius 3 is 3.00 bits per heavy atom. The molecule has 0 radical (unpaired) electrons. The predicted molar refractivity (Wildman–Crippen MR) is 58.3 cm³/mol. The molecule has 3 rings (SSSR count). The topological polar surface area (TPSA) is 29.3 Å². The van der Waals surface area contributed by atoms with Crippen molar-refractivity contribution in [3.05, 3.63) is 23.6 Å². The van der Waals surface area contributed by atoms with E-state index in [1.54, 1.807) is 0 Å². The van der Waals surface area contributed by atoms with E-state index in [9.17, 15) is 0 Å². The van der Waals surface area contributed by atoms with E-state index in [2.05, 4.69) is 23.2 Å². The molecule has 0 saturated carbocycles. The third-order valence-electron chi connectivity index (χ3n) is 3.52. The minimum absolute atomic E-state index is 0.732. The minimum Gasteiger partial charge on any atom is -0.356 e. The summed E-state index contributed by atoms with van der Waals surface area (Å²) in [6.45, 7) is 4.39. The summed E-state index contributed by atoms with van der Waals surface area (Å²) >= 11 is 0. The van der Waals surface area contributed by atoms with E-state index in [1.165, 1.54) is 18.7 Å². The minimum atomic E-state index is 0.732. The van der Waals surface area contributed by atoms with E-state index < -0.39 is 0 Å². The van der Waals surface area contributed by atoms with Gasteiger partial charge in [-0.1, -0.05) is 11.2 Å². The van der Waals surface area contributed by atoms with Crippen molar-refractivity contribution in [1.82, 2.24) is 10.1 Å². The fourth-order valence-electron chi connectivity index (χ4n) is 2.83. The van der Waals surface area contributed by atoms with Gasteiger partial charge in [0.2, 0.25) is 0 Å². The molecule has 3 nitrogen and oxygen atoms in total. The molecule has 1 saturated heterocycles. The van der Waals surface area contributed by atoms with E-state index in [0.717, 1.165) is 29.7 Å². The van der Waals surface area contributed by atoms with Crippen molar-refractivity contribution in [2.75, 3.05) is 20.1 Å². The maximum atomic E-state index is 5.31. The summed E-state index contributed by atoms with van der Waals surface area (Å²) in [5, 5.41) is 3.94. The molecule has 3 heteroatoms. The molecule has 1 aliphatic heterocycles. The number of likely N-dealkylation sites (tertiary alicyclic amines) is 1. The second-order valence-electron chi connectivity index (χ2n) is 4.87. The van der Waals surface area contributed by atoms with Crippen LogP contribution in [0.3, 0.4) is 0 Å². The largest absolute Gasteiger partial charge is 0.356 e. The number of aryl methyl sites for hydroxylation is 1. The molecule has 0 unspecified atom stereocenters. The average Bonchev–Trinajstić information content (AvgIpc) is 2.78. The number of allylic oxidation sites excluding steroid dienone is 1. The van der Waals surface area contributed by atoms with Gasteiger partial charge in [0.25, 0.3) is 0 Å². The third-order valence-corrected chi connectivity index (χ3v) is 3.52. The summed E-state index contributed by atoms with van der Waals surface area (Å²) in [7, 11) is 2.20. The number of aromatic nitrogens is 1. The first kappa shape index (κ1) is 9.16. The molecule has 1 aromatic rings. The summed E-state index contributed by atoms with van der Waals surface area (Å²) in [5.41, 5.74) is 2.33. The van der Waals surface area contributed by atoms with Crippen molar-refractivity contribution in [3.63, 3.8) is 0 Å². The molecule has 0 bridgehead atoms. The normalized spacial score (nSPS) is 30.7. The Kier molecular flexibility index (Phi) is 1.96. The number of hydrogen-bond acceptors (Lipinski definition) is 3. The van der Waals surface area contributed by atoms with Crippen LogP contribution in [0, 0.1) is 18.8 Å². The standard InChI is InChI=1S/C12H16N2O/c1-8-3-12(15-13-8)9-4-10-6-14(2)7-11(10)5-9/h3-4,10-11H,5-7H2,1-2H3/t10-,11+/m0/s1.